The van der Waals surface area contributed by atoms with Gasteiger partial charge >= 0.3 is 0 Å². The Labute approximate surface area is 194 Å². The van der Waals surface area contributed by atoms with Gasteiger partial charge in [0, 0.05) is 48.8 Å². The maximum absolute atomic E-state index is 13.1. The van der Waals surface area contributed by atoms with Gasteiger partial charge in [-0.2, -0.15) is 0 Å². The van der Waals surface area contributed by atoms with Crippen molar-refractivity contribution in [2.24, 2.45) is 5.41 Å². The summed E-state index contributed by atoms with van der Waals surface area (Å²) in [5, 5.41) is 10.3. The second kappa shape index (κ2) is 8.45. The summed E-state index contributed by atoms with van der Waals surface area (Å²) in [5.41, 5.74) is 15.6. The molecule has 1 amide bonds. The van der Waals surface area contributed by atoms with E-state index in [0.29, 0.717) is 29.2 Å². The van der Waals surface area contributed by atoms with Crippen LogP contribution in [0.5, 0.6) is 5.75 Å². The first-order valence-electron chi connectivity index (χ1n) is 11.5. The number of para-hydroxylation sites is 1. The Hall–Kier alpha value is -3.51. The zero-order chi connectivity index (χ0) is 23.0. The molecule has 6 nitrogen and oxygen atoms in total. The SMILES string of the molecule is Nc1ccc(C(=O)N2CCC3(CC2)CN(Cc2ccccc2O)C3c2ccccc2)cc1N. The molecule has 0 radical (unpaired) electrons. The van der Waals surface area contributed by atoms with E-state index in [4.69, 9.17) is 11.5 Å². The summed E-state index contributed by atoms with van der Waals surface area (Å²) in [6.07, 6.45) is 1.89. The number of hydrogen-bond donors (Lipinski definition) is 3. The van der Waals surface area contributed by atoms with Gasteiger partial charge < -0.3 is 21.5 Å². The standard InChI is InChI=1S/C27H30N4O2/c28-22-11-10-20(16-23(22)29)26(33)30-14-12-27(13-15-30)18-31(17-21-8-4-5-9-24(21)32)25(27)19-6-2-1-3-7-19/h1-11,16,25,32H,12-15,17-18,28-29H2. The van der Waals surface area contributed by atoms with E-state index in [2.05, 4.69) is 29.2 Å². The topological polar surface area (TPSA) is 95.8 Å². The third-order valence-corrected chi connectivity index (χ3v) is 7.32. The lowest BCUT2D eigenvalue weighted by atomic mass is 9.63. The minimum absolute atomic E-state index is 0.0122. The number of piperidine rings is 1. The van der Waals surface area contributed by atoms with Crippen molar-refractivity contribution in [1.29, 1.82) is 0 Å². The van der Waals surface area contributed by atoms with Crippen LogP contribution in [0.2, 0.25) is 0 Å². The molecule has 170 valence electrons. The molecule has 5 N–H and O–H groups in total. The zero-order valence-corrected chi connectivity index (χ0v) is 18.7. The van der Waals surface area contributed by atoms with Gasteiger partial charge in [-0.3, -0.25) is 9.69 Å². The lowest BCUT2D eigenvalue weighted by Gasteiger charge is -2.61. The Morgan fingerprint density at radius 2 is 1.64 bits per heavy atom. The van der Waals surface area contributed by atoms with E-state index < -0.39 is 0 Å². The summed E-state index contributed by atoms with van der Waals surface area (Å²) in [6, 6.07) is 23.5. The van der Waals surface area contributed by atoms with Gasteiger partial charge in [0.15, 0.2) is 0 Å². The molecule has 6 heteroatoms. The summed E-state index contributed by atoms with van der Waals surface area (Å²) in [5.74, 6) is 0.353. The summed E-state index contributed by atoms with van der Waals surface area (Å²) < 4.78 is 0. The number of amides is 1. The monoisotopic (exact) mass is 442 g/mol. The number of nitrogen functional groups attached to an aromatic ring is 2. The number of carbonyl (C=O) groups is 1. The molecule has 1 spiro atoms. The third-order valence-electron chi connectivity index (χ3n) is 7.32. The van der Waals surface area contributed by atoms with Gasteiger partial charge in [-0.05, 0) is 42.7 Å². The van der Waals surface area contributed by atoms with E-state index in [-0.39, 0.29) is 17.4 Å². The van der Waals surface area contributed by atoms with E-state index in [1.54, 1.807) is 24.3 Å². The first kappa shape index (κ1) is 21.3. The van der Waals surface area contributed by atoms with Gasteiger partial charge in [-0.1, -0.05) is 48.5 Å². The van der Waals surface area contributed by atoms with Crippen molar-refractivity contribution in [3.63, 3.8) is 0 Å². The van der Waals surface area contributed by atoms with Crippen LogP contribution in [0, 0.1) is 5.41 Å². The van der Waals surface area contributed by atoms with Crippen LogP contribution in [0.3, 0.4) is 0 Å². The number of likely N-dealkylation sites (tertiary alicyclic amines) is 2. The van der Waals surface area contributed by atoms with Crippen molar-refractivity contribution >= 4 is 17.3 Å². The predicted molar refractivity (Wildman–Crippen MR) is 131 cm³/mol. The smallest absolute Gasteiger partial charge is 0.253 e. The fourth-order valence-corrected chi connectivity index (χ4v) is 5.54. The molecule has 3 aromatic rings. The number of phenolic OH excluding ortho intramolecular Hbond substituents is 1. The maximum Gasteiger partial charge on any atom is 0.253 e. The number of phenols is 1. The summed E-state index contributed by atoms with van der Waals surface area (Å²) in [7, 11) is 0. The molecule has 3 aromatic carbocycles. The molecule has 1 unspecified atom stereocenters. The molecule has 2 saturated heterocycles. The highest BCUT2D eigenvalue weighted by molar-refractivity contribution is 5.96. The van der Waals surface area contributed by atoms with Crippen molar-refractivity contribution in [2.45, 2.75) is 25.4 Å². The summed E-state index contributed by atoms with van der Waals surface area (Å²) >= 11 is 0. The van der Waals surface area contributed by atoms with Gasteiger partial charge in [-0.15, -0.1) is 0 Å². The first-order chi connectivity index (χ1) is 16.0. The Morgan fingerprint density at radius 1 is 0.939 bits per heavy atom. The van der Waals surface area contributed by atoms with Crippen molar-refractivity contribution in [1.82, 2.24) is 9.80 Å². The number of nitrogens with two attached hydrogens (primary N) is 2. The normalized spacial score (nSPS) is 19.9. The van der Waals surface area contributed by atoms with Crippen molar-refractivity contribution in [3.05, 3.63) is 89.5 Å². The van der Waals surface area contributed by atoms with Crippen LogP contribution in [-0.4, -0.2) is 40.4 Å². The number of carbonyl (C=O) groups excluding carboxylic acids is 1. The number of hydrogen-bond acceptors (Lipinski definition) is 5. The highest BCUT2D eigenvalue weighted by Gasteiger charge is 2.54. The third kappa shape index (κ3) is 3.91. The Bertz CT molecular complexity index is 1160. The maximum atomic E-state index is 13.1. The van der Waals surface area contributed by atoms with Crippen LogP contribution in [0.15, 0.2) is 72.8 Å². The van der Waals surface area contributed by atoms with Gasteiger partial charge in [-0.25, -0.2) is 0 Å². The van der Waals surface area contributed by atoms with Gasteiger partial charge in [0.2, 0.25) is 0 Å². The van der Waals surface area contributed by atoms with Crippen molar-refractivity contribution in [3.8, 4) is 5.75 Å². The fraction of sp³-hybridized carbons (Fsp3) is 0.296. The lowest BCUT2D eigenvalue weighted by Crippen LogP contribution is -2.62. The van der Waals surface area contributed by atoms with Crippen LogP contribution in [0.1, 0.15) is 40.4 Å². The highest BCUT2D eigenvalue weighted by Crippen LogP contribution is 2.55. The lowest BCUT2D eigenvalue weighted by molar-refractivity contribution is -0.113. The fourth-order valence-electron chi connectivity index (χ4n) is 5.54. The number of anilines is 2. The van der Waals surface area contributed by atoms with E-state index in [9.17, 15) is 9.90 Å². The van der Waals surface area contributed by atoms with Crippen LogP contribution >= 0.6 is 0 Å². The molecule has 0 saturated carbocycles. The molecular formula is C27H30N4O2. The minimum Gasteiger partial charge on any atom is -0.508 e. The molecule has 0 bridgehead atoms. The Kier molecular flexibility index (Phi) is 5.46. The molecule has 2 heterocycles. The molecule has 0 aromatic heterocycles. The highest BCUT2D eigenvalue weighted by atomic mass is 16.3. The molecule has 1 atom stereocenters. The Morgan fingerprint density at radius 3 is 2.33 bits per heavy atom. The summed E-state index contributed by atoms with van der Waals surface area (Å²) in [4.78, 5) is 17.4. The molecular weight excluding hydrogens is 412 g/mol. The van der Waals surface area contributed by atoms with Crippen LogP contribution < -0.4 is 11.5 Å². The molecule has 5 rings (SSSR count). The van der Waals surface area contributed by atoms with E-state index in [0.717, 1.165) is 38.0 Å². The van der Waals surface area contributed by atoms with E-state index in [1.165, 1.54) is 5.56 Å². The molecule has 0 aliphatic carbocycles. The van der Waals surface area contributed by atoms with Crippen molar-refractivity contribution in [2.75, 3.05) is 31.1 Å². The van der Waals surface area contributed by atoms with Gasteiger partial charge in [0.05, 0.1) is 11.4 Å². The number of benzene rings is 3. The molecule has 2 fully saturated rings. The van der Waals surface area contributed by atoms with Gasteiger partial charge in [0.25, 0.3) is 5.91 Å². The molecule has 33 heavy (non-hydrogen) atoms. The quantitative estimate of drug-likeness (QED) is 0.530. The average molecular weight is 443 g/mol. The summed E-state index contributed by atoms with van der Waals surface area (Å²) in [6.45, 7) is 3.10. The second-order valence-electron chi connectivity index (χ2n) is 9.35. The Balaban J connectivity index is 1.33. The second-order valence-corrected chi connectivity index (χ2v) is 9.35. The molecule has 2 aliphatic rings. The predicted octanol–water partition coefficient (Wildman–Crippen LogP) is 4.04. The van der Waals surface area contributed by atoms with Crippen LogP contribution in [0.25, 0.3) is 0 Å². The first-order valence-corrected chi connectivity index (χ1v) is 11.5. The number of rotatable bonds is 4. The van der Waals surface area contributed by atoms with Crippen LogP contribution in [-0.2, 0) is 6.54 Å². The largest absolute Gasteiger partial charge is 0.508 e. The zero-order valence-electron chi connectivity index (χ0n) is 18.7. The average Bonchev–Trinajstić information content (AvgIpc) is 2.82. The van der Waals surface area contributed by atoms with Gasteiger partial charge in [0.1, 0.15) is 5.75 Å². The number of nitrogens with zero attached hydrogens (tertiary/aromatic N) is 2. The van der Waals surface area contributed by atoms with E-state index >= 15 is 0 Å². The van der Waals surface area contributed by atoms with E-state index in [1.807, 2.05) is 29.2 Å². The van der Waals surface area contributed by atoms with Crippen molar-refractivity contribution < 1.29 is 9.90 Å². The molecule has 2 aliphatic heterocycles. The van der Waals surface area contributed by atoms with Crippen LogP contribution in [0.4, 0.5) is 11.4 Å². The number of aromatic hydroxyl groups is 1. The minimum atomic E-state index is 0.0122.